The van der Waals surface area contributed by atoms with Gasteiger partial charge in [-0.2, -0.15) is 0 Å². The molecule has 3 heteroatoms. The first-order valence-electron chi connectivity index (χ1n) is 43.9. The van der Waals surface area contributed by atoms with Gasteiger partial charge in [0.25, 0.3) is 0 Å². The van der Waals surface area contributed by atoms with Crippen LogP contribution in [0.3, 0.4) is 0 Å². The Morgan fingerprint density at radius 3 is 0.857 bits per heavy atom. The second kappa shape index (κ2) is 27.9. The maximum atomic E-state index is 2.57. The standard InChI is InChI=1S/C123H79N3/c1-8-34-80(35-9-1)85-70-86(81-36-10-2-11-37-81)72-94(71-85)126-116-59-33-25-50-99(116)102-68-69-111-119(120(102)126)103-53-24-30-56-110(103)121(111,88-38-12-3-13-39-88)93-66-64-83(65-67-93)82-60-62-84(63-61-82)87-73-95(124-114-57-31-26-51-100(114)106-76-112-104(78-117(106)124)97-48-22-28-54-108(97)122(112,89-40-14-4-15-41-89)90-42-16-5-17-43-90)75-96(74-87)125-115-58-32-27-52-101(115)107-77-113-105(79-118(107)125)98-49-23-29-55-109(98)123(113,91-44-18-6-19-45-91)92-46-20-7-21-47-92/h1-79H. The number of benzene rings is 20. The van der Waals surface area contributed by atoms with Crippen molar-refractivity contribution in [1.29, 1.82) is 0 Å². The van der Waals surface area contributed by atoms with Crippen LogP contribution in [0.5, 0.6) is 0 Å². The lowest BCUT2D eigenvalue weighted by Crippen LogP contribution is -2.28. The third kappa shape index (κ3) is 10.2. The van der Waals surface area contributed by atoms with Crippen LogP contribution in [0.4, 0.5) is 0 Å². The van der Waals surface area contributed by atoms with E-state index in [-0.39, 0.29) is 0 Å². The lowest BCUT2D eigenvalue weighted by molar-refractivity contribution is 0.769. The Hall–Kier alpha value is -16.2. The molecule has 0 fully saturated rings. The fraction of sp³-hybridized carbons (Fsp3) is 0.0244. The molecule has 586 valence electrons. The van der Waals surface area contributed by atoms with Gasteiger partial charge in [0.1, 0.15) is 0 Å². The molecule has 23 aromatic rings. The van der Waals surface area contributed by atoms with E-state index in [2.05, 4.69) is 493 Å². The SMILES string of the molecule is c1ccc(-c2cc(-c3ccccc3)cc(-n3c4ccccc4c4ccc5c(c43)-c3ccccc3C5(c3ccccc3)c3ccc(-c4ccc(-c5cc(-n6c7ccccc7c7cc8c(cc76)-c6ccccc6C8(c6ccccc6)c6ccccc6)cc(-n6c7ccccc7c7cc8c(cc76)-c6ccccc6C8(c6ccccc6)c6ccccc6)c5)cc4)cc3)c2)cc1. The highest BCUT2D eigenvalue weighted by Crippen LogP contribution is 2.63. The third-order valence-electron chi connectivity index (χ3n) is 28.2. The summed E-state index contributed by atoms with van der Waals surface area (Å²) in [4.78, 5) is 0. The van der Waals surface area contributed by atoms with Crippen LogP contribution in [0, 0.1) is 0 Å². The molecule has 3 aliphatic carbocycles. The number of nitrogens with zero attached hydrogens (tertiary/aromatic N) is 3. The zero-order valence-electron chi connectivity index (χ0n) is 69.0. The zero-order valence-corrected chi connectivity index (χ0v) is 69.0. The average Bonchev–Trinajstić information content (AvgIpc) is 1.54. The molecule has 0 saturated heterocycles. The highest BCUT2D eigenvalue weighted by Gasteiger charge is 2.50. The van der Waals surface area contributed by atoms with Crippen LogP contribution in [-0.2, 0) is 16.2 Å². The highest BCUT2D eigenvalue weighted by atomic mass is 15.0. The maximum absolute atomic E-state index is 2.57. The lowest BCUT2D eigenvalue weighted by Gasteiger charge is -2.34. The van der Waals surface area contributed by atoms with Gasteiger partial charge in [0.15, 0.2) is 0 Å². The van der Waals surface area contributed by atoms with Gasteiger partial charge in [-0.25, -0.2) is 0 Å². The molecular formula is C123H79N3. The summed E-state index contributed by atoms with van der Waals surface area (Å²) in [5.74, 6) is 0. The molecule has 20 aromatic carbocycles. The van der Waals surface area contributed by atoms with E-state index in [0.29, 0.717) is 0 Å². The minimum atomic E-state index is -0.680. The van der Waals surface area contributed by atoms with Gasteiger partial charge in [-0.15, -0.1) is 0 Å². The van der Waals surface area contributed by atoms with Crippen LogP contribution in [-0.4, -0.2) is 13.7 Å². The topological polar surface area (TPSA) is 14.8 Å². The second-order valence-electron chi connectivity index (χ2n) is 34.4. The number of hydrogen-bond acceptors (Lipinski definition) is 0. The first-order valence-corrected chi connectivity index (χ1v) is 43.9. The minimum Gasteiger partial charge on any atom is -0.309 e. The van der Waals surface area contributed by atoms with Gasteiger partial charge >= 0.3 is 0 Å². The molecule has 3 aliphatic rings. The zero-order chi connectivity index (χ0) is 82.8. The maximum Gasteiger partial charge on any atom is 0.0714 e. The van der Waals surface area contributed by atoms with E-state index in [9.17, 15) is 0 Å². The lowest BCUT2D eigenvalue weighted by atomic mass is 9.67. The van der Waals surface area contributed by atoms with Gasteiger partial charge in [0.2, 0.25) is 0 Å². The predicted molar refractivity (Wildman–Crippen MR) is 523 cm³/mol. The summed E-state index contributed by atoms with van der Waals surface area (Å²) in [6, 6.07) is 181. The highest BCUT2D eigenvalue weighted by molar-refractivity contribution is 6.18. The molecule has 0 bridgehead atoms. The van der Waals surface area contributed by atoms with E-state index >= 15 is 0 Å². The van der Waals surface area contributed by atoms with Crippen molar-refractivity contribution in [3.8, 4) is 95.0 Å². The number of hydrogen-bond donors (Lipinski definition) is 0. The first-order chi connectivity index (χ1) is 62.5. The van der Waals surface area contributed by atoms with E-state index in [1.807, 2.05) is 0 Å². The van der Waals surface area contributed by atoms with E-state index in [1.54, 1.807) is 0 Å². The van der Waals surface area contributed by atoms with Crippen molar-refractivity contribution in [3.63, 3.8) is 0 Å². The van der Waals surface area contributed by atoms with E-state index in [4.69, 9.17) is 0 Å². The third-order valence-corrected chi connectivity index (χ3v) is 28.2. The van der Waals surface area contributed by atoms with Crippen molar-refractivity contribution >= 4 is 65.4 Å². The monoisotopic (exact) mass is 1600 g/mol. The first kappa shape index (κ1) is 71.5. The summed E-state index contributed by atoms with van der Waals surface area (Å²) < 4.78 is 7.70. The molecular weight excluding hydrogens is 1520 g/mol. The van der Waals surface area contributed by atoms with Crippen molar-refractivity contribution in [2.75, 3.05) is 0 Å². The molecule has 126 heavy (non-hydrogen) atoms. The van der Waals surface area contributed by atoms with Crippen LogP contribution in [0.25, 0.3) is 160 Å². The van der Waals surface area contributed by atoms with Gasteiger partial charge < -0.3 is 13.7 Å². The molecule has 3 aromatic heterocycles. The molecule has 0 N–H and O–H groups in total. The summed E-state index contributed by atoms with van der Waals surface area (Å²) in [7, 11) is 0. The molecule has 26 rings (SSSR count). The van der Waals surface area contributed by atoms with Crippen LogP contribution < -0.4 is 0 Å². The summed E-state index contributed by atoms with van der Waals surface area (Å²) in [5, 5.41) is 7.26. The van der Waals surface area contributed by atoms with Gasteiger partial charge in [0.05, 0.1) is 49.3 Å². The number of para-hydroxylation sites is 3. The van der Waals surface area contributed by atoms with E-state index in [1.165, 1.54) is 166 Å². The molecule has 0 radical (unpaired) electrons. The van der Waals surface area contributed by atoms with Crippen LogP contribution >= 0.6 is 0 Å². The van der Waals surface area contributed by atoms with Crippen molar-refractivity contribution in [2.24, 2.45) is 0 Å². The normalized spacial score (nSPS) is 14.3. The van der Waals surface area contributed by atoms with Crippen molar-refractivity contribution in [3.05, 3.63) is 546 Å². The smallest absolute Gasteiger partial charge is 0.0714 e. The summed E-state index contributed by atoms with van der Waals surface area (Å²) >= 11 is 0. The molecule has 3 nitrogen and oxygen atoms in total. The van der Waals surface area contributed by atoms with E-state index < -0.39 is 16.2 Å². The Balaban J connectivity index is 0.661. The number of fused-ring (bicyclic) bond motifs is 19. The molecule has 0 saturated carbocycles. The summed E-state index contributed by atoms with van der Waals surface area (Å²) in [6.45, 7) is 0. The Bertz CT molecular complexity index is 7920. The Labute approximate surface area is 731 Å². The molecule has 1 atom stereocenters. The van der Waals surface area contributed by atoms with Gasteiger partial charge in [-0.3, -0.25) is 0 Å². The van der Waals surface area contributed by atoms with E-state index in [0.717, 1.165) is 61.4 Å². The summed E-state index contributed by atoms with van der Waals surface area (Å²) in [6.07, 6.45) is 0. The fourth-order valence-corrected chi connectivity index (χ4v) is 23.0. The quantitative estimate of drug-likeness (QED) is 0.109. The Kier molecular flexibility index (Phi) is 15.9. The molecule has 0 amide bonds. The van der Waals surface area contributed by atoms with Gasteiger partial charge in [0, 0.05) is 54.9 Å². The summed E-state index contributed by atoms with van der Waals surface area (Å²) in [5.41, 5.74) is 40.2. The van der Waals surface area contributed by atoms with Crippen LogP contribution in [0.1, 0.15) is 66.8 Å². The Morgan fingerprint density at radius 2 is 0.437 bits per heavy atom. The predicted octanol–water partition coefficient (Wildman–Crippen LogP) is 30.7. The molecule has 0 spiro atoms. The molecule has 1 unspecified atom stereocenters. The van der Waals surface area contributed by atoms with Gasteiger partial charge in [-0.1, -0.05) is 400 Å². The number of rotatable bonds is 13. The van der Waals surface area contributed by atoms with Crippen molar-refractivity contribution < 1.29 is 0 Å². The fourth-order valence-electron chi connectivity index (χ4n) is 23.0. The van der Waals surface area contributed by atoms with Crippen molar-refractivity contribution in [2.45, 2.75) is 16.2 Å². The minimum absolute atomic E-state index is 0.574. The number of aromatic nitrogens is 3. The van der Waals surface area contributed by atoms with Gasteiger partial charge in [-0.05, 0) is 218 Å². The largest absolute Gasteiger partial charge is 0.309 e. The van der Waals surface area contributed by atoms with Crippen LogP contribution in [0.2, 0.25) is 0 Å². The molecule has 3 heterocycles. The Morgan fingerprint density at radius 1 is 0.143 bits per heavy atom. The second-order valence-corrected chi connectivity index (χ2v) is 34.4. The van der Waals surface area contributed by atoms with Crippen molar-refractivity contribution in [1.82, 2.24) is 13.7 Å². The van der Waals surface area contributed by atoms with Crippen LogP contribution in [0.15, 0.2) is 479 Å². The molecule has 0 aliphatic heterocycles. The average molecular weight is 1600 g/mol.